The van der Waals surface area contributed by atoms with Crippen LogP contribution in [0.15, 0.2) is 72.9 Å². The van der Waals surface area contributed by atoms with E-state index in [1.54, 1.807) is 18.2 Å². The molecule has 2 aliphatic rings. The number of aromatic nitrogens is 1. The first-order valence-electron chi connectivity index (χ1n) is 12.2. The van der Waals surface area contributed by atoms with Gasteiger partial charge in [0, 0.05) is 47.3 Å². The van der Waals surface area contributed by atoms with Gasteiger partial charge in [0.1, 0.15) is 5.75 Å². The van der Waals surface area contributed by atoms with Gasteiger partial charge < -0.3 is 19.5 Å². The number of fused-ring (bicyclic) bond motifs is 2. The maximum absolute atomic E-state index is 13.2. The van der Waals surface area contributed by atoms with Gasteiger partial charge in [-0.15, -0.1) is 0 Å². The largest absolute Gasteiger partial charge is 0.482 e. The second kappa shape index (κ2) is 9.36. The number of nitrogens with one attached hydrogen (secondary N) is 1. The fourth-order valence-electron chi connectivity index (χ4n) is 5.36. The second-order valence-electron chi connectivity index (χ2n) is 9.47. The fraction of sp³-hybridized carbons (Fsp3) is 0.241. The van der Waals surface area contributed by atoms with Crippen LogP contribution in [0.25, 0.3) is 10.9 Å². The summed E-state index contributed by atoms with van der Waals surface area (Å²) in [6.45, 7) is 2.15. The molecule has 2 aliphatic heterocycles. The van der Waals surface area contributed by atoms with Crippen molar-refractivity contribution >= 4 is 40.0 Å². The van der Waals surface area contributed by atoms with Gasteiger partial charge in [-0.2, -0.15) is 0 Å². The number of piperidine rings is 1. The van der Waals surface area contributed by atoms with Crippen LogP contribution in [0.3, 0.4) is 0 Å². The Morgan fingerprint density at radius 1 is 1.03 bits per heavy atom. The first-order chi connectivity index (χ1) is 17.5. The molecule has 1 N–H and O–H groups in total. The van der Waals surface area contributed by atoms with Gasteiger partial charge in [0.25, 0.3) is 11.8 Å². The summed E-state index contributed by atoms with van der Waals surface area (Å²) in [5.41, 5.74) is 4.84. The van der Waals surface area contributed by atoms with Crippen molar-refractivity contribution in [2.75, 3.05) is 25.0 Å². The highest BCUT2D eigenvalue weighted by Gasteiger charge is 2.27. The van der Waals surface area contributed by atoms with Gasteiger partial charge in [0.15, 0.2) is 6.61 Å². The van der Waals surface area contributed by atoms with Gasteiger partial charge in [-0.3, -0.25) is 9.59 Å². The van der Waals surface area contributed by atoms with Crippen LogP contribution in [0.4, 0.5) is 5.69 Å². The number of benzene rings is 3. The third-order valence-electron chi connectivity index (χ3n) is 7.14. The van der Waals surface area contributed by atoms with E-state index in [4.69, 9.17) is 16.3 Å². The minimum Gasteiger partial charge on any atom is -0.482 e. The lowest BCUT2D eigenvalue weighted by atomic mass is 9.89. The summed E-state index contributed by atoms with van der Waals surface area (Å²) in [6, 6.07) is 21.8. The normalized spacial score (nSPS) is 15.9. The molecule has 0 saturated carbocycles. The molecular formula is C29H26ClN3O3. The van der Waals surface area contributed by atoms with Crippen LogP contribution >= 0.6 is 11.6 Å². The average molecular weight is 500 g/mol. The van der Waals surface area contributed by atoms with Crippen molar-refractivity contribution in [3.05, 3.63) is 94.6 Å². The summed E-state index contributed by atoms with van der Waals surface area (Å²) in [6.07, 6.45) is 4.09. The SMILES string of the molecule is O=C1COc2ccc(C(=O)N3CCC(c4cn(Cc5cccc(Cl)c5)c5ccccc45)CC3)cc2N1. The Balaban J connectivity index is 1.19. The van der Waals surface area contributed by atoms with Crippen LogP contribution in [0.1, 0.15) is 40.2 Å². The van der Waals surface area contributed by atoms with E-state index in [-0.39, 0.29) is 18.4 Å². The molecule has 1 aromatic heterocycles. The van der Waals surface area contributed by atoms with Crippen LogP contribution in [0.2, 0.25) is 5.02 Å². The lowest BCUT2D eigenvalue weighted by Gasteiger charge is -2.32. The van der Waals surface area contributed by atoms with Crippen molar-refractivity contribution in [3.63, 3.8) is 0 Å². The van der Waals surface area contributed by atoms with Crippen LogP contribution in [0.5, 0.6) is 5.75 Å². The molecule has 0 bridgehead atoms. The third-order valence-corrected chi connectivity index (χ3v) is 7.38. The lowest BCUT2D eigenvalue weighted by Crippen LogP contribution is -2.38. The molecule has 3 aromatic carbocycles. The van der Waals surface area contributed by atoms with E-state index in [0.29, 0.717) is 36.0 Å². The Morgan fingerprint density at radius 3 is 2.69 bits per heavy atom. The number of anilines is 1. The van der Waals surface area contributed by atoms with Crippen LogP contribution in [-0.2, 0) is 11.3 Å². The van der Waals surface area contributed by atoms with Crippen molar-refractivity contribution in [2.45, 2.75) is 25.3 Å². The number of ether oxygens (including phenoxy) is 1. The molecule has 0 aliphatic carbocycles. The van der Waals surface area contributed by atoms with Crippen molar-refractivity contribution in [3.8, 4) is 5.75 Å². The highest BCUT2D eigenvalue weighted by atomic mass is 35.5. The number of rotatable bonds is 4. The quantitative estimate of drug-likeness (QED) is 0.392. The van der Waals surface area contributed by atoms with E-state index < -0.39 is 0 Å². The molecule has 0 spiro atoms. The number of carbonyl (C=O) groups is 2. The maximum Gasteiger partial charge on any atom is 0.262 e. The topological polar surface area (TPSA) is 63.6 Å². The molecule has 0 unspecified atom stereocenters. The monoisotopic (exact) mass is 499 g/mol. The molecular weight excluding hydrogens is 474 g/mol. The Morgan fingerprint density at radius 2 is 1.86 bits per heavy atom. The molecule has 6 nitrogen and oxygen atoms in total. The molecule has 0 atom stereocenters. The van der Waals surface area contributed by atoms with Gasteiger partial charge in [-0.05, 0) is 66.3 Å². The van der Waals surface area contributed by atoms with Crippen molar-refractivity contribution in [1.29, 1.82) is 0 Å². The predicted molar refractivity (Wildman–Crippen MR) is 141 cm³/mol. The predicted octanol–water partition coefficient (Wildman–Crippen LogP) is 5.69. The highest BCUT2D eigenvalue weighted by molar-refractivity contribution is 6.30. The number of amides is 2. The average Bonchev–Trinajstić information content (AvgIpc) is 3.26. The smallest absolute Gasteiger partial charge is 0.262 e. The van der Waals surface area contributed by atoms with Crippen molar-refractivity contribution < 1.29 is 14.3 Å². The van der Waals surface area contributed by atoms with E-state index in [2.05, 4.69) is 46.4 Å². The van der Waals surface area contributed by atoms with Crippen molar-refractivity contribution in [2.24, 2.45) is 0 Å². The summed E-state index contributed by atoms with van der Waals surface area (Å²) in [5, 5.41) is 4.80. The molecule has 6 rings (SSSR count). The molecule has 3 heterocycles. The molecule has 1 fully saturated rings. The maximum atomic E-state index is 13.2. The minimum absolute atomic E-state index is 0.00328. The number of nitrogens with zero attached hydrogens (tertiary/aromatic N) is 2. The summed E-state index contributed by atoms with van der Waals surface area (Å²) < 4.78 is 7.72. The van der Waals surface area contributed by atoms with Gasteiger partial charge in [0.05, 0.1) is 5.69 Å². The number of likely N-dealkylation sites (tertiary alicyclic amines) is 1. The molecule has 2 amide bonds. The molecule has 7 heteroatoms. The number of hydrogen-bond donors (Lipinski definition) is 1. The van der Waals surface area contributed by atoms with Gasteiger partial charge in [0.2, 0.25) is 0 Å². The lowest BCUT2D eigenvalue weighted by molar-refractivity contribution is -0.118. The minimum atomic E-state index is -0.206. The van der Waals surface area contributed by atoms with Crippen LogP contribution in [-0.4, -0.2) is 41.0 Å². The summed E-state index contributed by atoms with van der Waals surface area (Å²) in [7, 11) is 0. The van der Waals surface area contributed by atoms with Gasteiger partial charge in [-0.25, -0.2) is 0 Å². The summed E-state index contributed by atoms with van der Waals surface area (Å²) in [4.78, 5) is 26.8. The van der Waals surface area contributed by atoms with Crippen LogP contribution < -0.4 is 10.1 Å². The zero-order valence-corrected chi connectivity index (χ0v) is 20.5. The highest BCUT2D eigenvalue weighted by Crippen LogP contribution is 2.36. The second-order valence-corrected chi connectivity index (χ2v) is 9.91. The molecule has 4 aromatic rings. The Bertz CT molecular complexity index is 1470. The van der Waals surface area contributed by atoms with E-state index in [9.17, 15) is 9.59 Å². The third kappa shape index (κ3) is 4.33. The Kier molecular flexibility index (Phi) is 5.89. The number of halogens is 1. The number of hydrogen-bond acceptors (Lipinski definition) is 3. The molecule has 1 saturated heterocycles. The van der Waals surface area contributed by atoms with E-state index in [1.165, 1.54) is 22.0 Å². The van der Waals surface area contributed by atoms with E-state index in [1.807, 2.05) is 23.1 Å². The first-order valence-corrected chi connectivity index (χ1v) is 12.6. The Hall–Kier alpha value is -3.77. The molecule has 36 heavy (non-hydrogen) atoms. The summed E-state index contributed by atoms with van der Waals surface area (Å²) in [5.74, 6) is 0.761. The molecule has 182 valence electrons. The summed E-state index contributed by atoms with van der Waals surface area (Å²) >= 11 is 6.21. The van der Waals surface area contributed by atoms with Crippen LogP contribution in [0, 0.1) is 0 Å². The Labute approximate surface area is 214 Å². The standard InChI is InChI=1S/C29H26ClN3O3/c30-22-5-3-4-19(14-22)16-33-17-24(23-6-1-2-7-26(23)33)20-10-12-32(13-11-20)29(35)21-8-9-27-25(15-21)31-28(34)18-36-27/h1-9,14-15,17,20H,10-13,16,18H2,(H,31,34). The zero-order valence-electron chi connectivity index (χ0n) is 19.7. The van der Waals surface area contributed by atoms with Gasteiger partial charge in [-0.1, -0.05) is 41.9 Å². The van der Waals surface area contributed by atoms with E-state index >= 15 is 0 Å². The van der Waals surface area contributed by atoms with Gasteiger partial charge >= 0.3 is 0 Å². The fourth-order valence-corrected chi connectivity index (χ4v) is 5.57. The van der Waals surface area contributed by atoms with Crippen molar-refractivity contribution in [1.82, 2.24) is 9.47 Å². The van der Waals surface area contributed by atoms with E-state index in [0.717, 1.165) is 24.4 Å². The number of para-hydroxylation sites is 1. The molecule has 0 radical (unpaired) electrons. The zero-order chi connectivity index (χ0) is 24.6. The first kappa shape index (κ1) is 22.7. The number of carbonyl (C=O) groups excluding carboxylic acids is 2.